The van der Waals surface area contributed by atoms with E-state index in [4.69, 9.17) is 9.94 Å². The van der Waals surface area contributed by atoms with Gasteiger partial charge in [0.2, 0.25) is 0 Å². The van der Waals surface area contributed by atoms with E-state index in [-0.39, 0.29) is 11.3 Å². The molecule has 0 heterocycles. The van der Waals surface area contributed by atoms with Crippen molar-refractivity contribution in [2.45, 2.75) is 0 Å². The normalized spacial score (nSPS) is 10.5. The van der Waals surface area contributed by atoms with Crippen molar-refractivity contribution in [1.29, 1.82) is 0 Å². The molecule has 0 radical (unpaired) electrons. The third kappa shape index (κ3) is 2.24. The summed E-state index contributed by atoms with van der Waals surface area (Å²) in [6, 6.07) is 2.73. The van der Waals surface area contributed by atoms with Crippen molar-refractivity contribution in [1.82, 2.24) is 0 Å². The predicted octanol–water partition coefficient (Wildman–Crippen LogP) is 2.17. The summed E-state index contributed by atoms with van der Waals surface area (Å²) >= 11 is 3.13. The lowest BCUT2D eigenvalue weighted by Crippen LogP contribution is -1.97. The summed E-state index contributed by atoms with van der Waals surface area (Å²) in [5.41, 5.74) is -0.0117. The van der Waals surface area contributed by atoms with E-state index in [2.05, 4.69) is 21.1 Å². The third-order valence-electron chi connectivity index (χ3n) is 1.72. The van der Waals surface area contributed by atoms with Crippen LogP contribution in [0.3, 0.4) is 0 Å². The van der Waals surface area contributed by atoms with Crippen LogP contribution in [0.25, 0.3) is 0 Å². The number of nitro benzene ring substituents is 1. The largest absolute Gasteiger partial charge is 0.496 e. The third-order valence-corrected chi connectivity index (χ3v) is 2.54. The second-order valence-corrected chi connectivity index (χ2v) is 3.31. The average Bonchev–Trinajstić information content (AvgIpc) is 2.20. The molecule has 6 nitrogen and oxygen atoms in total. The van der Waals surface area contributed by atoms with Crippen LogP contribution in [0.5, 0.6) is 5.75 Å². The molecule has 0 unspecified atom stereocenters. The Kier molecular flexibility index (Phi) is 3.62. The SMILES string of the molecule is COc1ccc([N+](=O)[O-])c(/C=N\O)c1Br. The standard InChI is InChI=1S/C8H7BrN2O4/c1-15-7-3-2-6(11(13)14)5(4-10-12)8(7)9/h2-4,12H,1H3/b10-4-. The molecule has 0 aliphatic rings. The molecule has 0 saturated carbocycles. The summed E-state index contributed by atoms with van der Waals surface area (Å²) in [6.07, 6.45) is 0.977. The fourth-order valence-electron chi connectivity index (χ4n) is 1.06. The Bertz CT molecular complexity index is 419. The summed E-state index contributed by atoms with van der Waals surface area (Å²) in [7, 11) is 1.44. The molecule has 0 atom stereocenters. The van der Waals surface area contributed by atoms with Gasteiger partial charge in [0, 0.05) is 6.07 Å². The topological polar surface area (TPSA) is 85.0 Å². The van der Waals surface area contributed by atoms with E-state index in [1.807, 2.05) is 0 Å². The van der Waals surface area contributed by atoms with Gasteiger partial charge < -0.3 is 9.94 Å². The van der Waals surface area contributed by atoms with Crippen LogP contribution >= 0.6 is 15.9 Å². The van der Waals surface area contributed by atoms with Crippen LogP contribution in [0.1, 0.15) is 5.56 Å². The second kappa shape index (κ2) is 4.74. The van der Waals surface area contributed by atoms with Crippen LogP contribution in [-0.4, -0.2) is 23.5 Å². The first-order chi connectivity index (χ1) is 7.11. The van der Waals surface area contributed by atoms with Gasteiger partial charge in [-0.15, -0.1) is 0 Å². The van der Waals surface area contributed by atoms with E-state index < -0.39 is 4.92 Å². The number of ether oxygens (including phenoxy) is 1. The van der Waals surface area contributed by atoms with Gasteiger partial charge in [0.1, 0.15) is 5.75 Å². The van der Waals surface area contributed by atoms with Gasteiger partial charge in [-0.2, -0.15) is 0 Å². The first kappa shape index (κ1) is 11.4. The van der Waals surface area contributed by atoms with Crippen molar-refractivity contribution in [2.24, 2.45) is 5.16 Å². The average molecular weight is 275 g/mol. The molecule has 0 spiro atoms. The lowest BCUT2D eigenvalue weighted by molar-refractivity contribution is -0.385. The lowest BCUT2D eigenvalue weighted by atomic mass is 10.2. The maximum Gasteiger partial charge on any atom is 0.279 e. The van der Waals surface area contributed by atoms with Crippen molar-refractivity contribution >= 4 is 27.8 Å². The van der Waals surface area contributed by atoms with Gasteiger partial charge in [0.15, 0.2) is 0 Å². The Morgan fingerprint density at radius 3 is 2.80 bits per heavy atom. The van der Waals surface area contributed by atoms with Crippen LogP contribution in [0.4, 0.5) is 5.69 Å². The van der Waals surface area contributed by atoms with Crippen molar-refractivity contribution in [3.05, 3.63) is 32.3 Å². The summed E-state index contributed by atoms with van der Waals surface area (Å²) < 4.78 is 5.33. The summed E-state index contributed by atoms with van der Waals surface area (Å²) in [5.74, 6) is 0.426. The van der Waals surface area contributed by atoms with Crippen molar-refractivity contribution in [3.8, 4) is 5.75 Å². The molecule has 80 valence electrons. The highest BCUT2D eigenvalue weighted by molar-refractivity contribution is 9.10. The van der Waals surface area contributed by atoms with Gasteiger partial charge in [-0.3, -0.25) is 10.1 Å². The zero-order chi connectivity index (χ0) is 11.4. The predicted molar refractivity (Wildman–Crippen MR) is 56.7 cm³/mol. The lowest BCUT2D eigenvalue weighted by Gasteiger charge is -2.05. The Morgan fingerprint density at radius 2 is 2.33 bits per heavy atom. The molecule has 1 aromatic carbocycles. The number of nitrogens with zero attached hydrogens (tertiary/aromatic N) is 2. The van der Waals surface area contributed by atoms with E-state index in [1.54, 1.807) is 0 Å². The van der Waals surface area contributed by atoms with Gasteiger partial charge in [-0.25, -0.2) is 0 Å². The number of methoxy groups -OCH3 is 1. The highest BCUT2D eigenvalue weighted by atomic mass is 79.9. The van der Waals surface area contributed by atoms with Crippen LogP contribution in [0.2, 0.25) is 0 Å². The number of nitro groups is 1. The molecule has 7 heteroatoms. The van der Waals surface area contributed by atoms with Gasteiger partial charge in [0.05, 0.1) is 28.3 Å². The zero-order valence-corrected chi connectivity index (χ0v) is 9.26. The monoisotopic (exact) mass is 274 g/mol. The molecule has 15 heavy (non-hydrogen) atoms. The Morgan fingerprint density at radius 1 is 1.67 bits per heavy atom. The first-order valence-corrected chi connectivity index (χ1v) is 4.59. The quantitative estimate of drug-likeness (QED) is 0.396. The smallest absolute Gasteiger partial charge is 0.279 e. The summed E-state index contributed by atoms with van der Waals surface area (Å²) in [6.45, 7) is 0. The van der Waals surface area contributed by atoms with E-state index in [0.717, 1.165) is 6.21 Å². The molecule has 0 amide bonds. The van der Waals surface area contributed by atoms with E-state index in [1.165, 1.54) is 19.2 Å². The number of benzene rings is 1. The van der Waals surface area contributed by atoms with Crippen LogP contribution in [0, 0.1) is 10.1 Å². The van der Waals surface area contributed by atoms with Crippen molar-refractivity contribution < 1.29 is 14.9 Å². The summed E-state index contributed by atoms with van der Waals surface area (Å²) in [4.78, 5) is 10.1. The fraction of sp³-hybridized carbons (Fsp3) is 0.125. The highest BCUT2D eigenvalue weighted by Gasteiger charge is 2.18. The molecular weight excluding hydrogens is 268 g/mol. The number of hydrogen-bond donors (Lipinski definition) is 1. The highest BCUT2D eigenvalue weighted by Crippen LogP contribution is 2.33. The van der Waals surface area contributed by atoms with Gasteiger partial charge in [-0.05, 0) is 22.0 Å². The number of rotatable bonds is 3. The van der Waals surface area contributed by atoms with Gasteiger partial charge in [-0.1, -0.05) is 5.16 Å². The van der Waals surface area contributed by atoms with Gasteiger partial charge in [0.25, 0.3) is 5.69 Å². The molecular formula is C8H7BrN2O4. The number of hydrogen-bond acceptors (Lipinski definition) is 5. The molecule has 0 fully saturated rings. The Balaban J connectivity index is 3.43. The fourth-order valence-corrected chi connectivity index (χ4v) is 1.66. The molecule has 1 N–H and O–H groups in total. The molecule has 0 aliphatic heterocycles. The molecule has 0 aliphatic carbocycles. The van der Waals surface area contributed by atoms with Crippen molar-refractivity contribution in [3.63, 3.8) is 0 Å². The number of halogens is 1. The Labute approximate surface area is 93.4 Å². The molecule has 0 bridgehead atoms. The zero-order valence-electron chi connectivity index (χ0n) is 7.68. The summed E-state index contributed by atoms with van der Waals surface area (Å²) in [5, 5.41) is 21.8. The molecule has 0 aromatic heterocycles. The molecule has 1 aromatic rings. The minimum absolute atomic E-state index is 0.154. The van der Waals surface area contributed by atoms with Crippen LogP contribution < -0.4 is 4.74 Å². The first-order valence-electron chi connectivity index (χ1n) is 3.80. The minimum atomic E-state index is -0.568. The van der Waals surface area contributed by atoms with Crippen molar-refractivity contribution in [2.75, 3.05) is 7.11 Å². The molecule has 1 rings (SSSR count). The van der Waals surface area contributed by atoms with E-state index in [0.29, 0.717) is 10.2 Å². The minimum Gasteiger partial charge on any atom is -0.496 e. The maximum atomic E-state index is 10.6. The molecule has 0 saturated heterocycles. The second-order valence-electron chi connectivity index (χ2n) is 2.52. The van der Waals surface area contributed by atoms with Crippen LogP contribution in [-0.2, 0) is 0 Å². The van der Waals surface area contributed by atoms with Gasteiger partial charge >= 0.3 is 0 Å². The Hall–Kier alpha value is -1.63. The number of oxime groups is 1. The van der Waals surface area contributed by atoms with E-state index in [9.17, 15) is 10.1 Å². The van der Waals surface area contributed by atoms with E-state index >= 15 is 0 Å². The van der Waals surface area contributed by atoms with Crippen LogP contribution in [0.15, 0.2) is 21.8 Å². The maximum absolute atomic E-state index is 10.6.